The van der Waals surface area contributed by atoms with Crippen LogP contribution in [0.4, 0.5) is 13.2 Å². The van der Waals surface area contributed by atoms with E-state index in [1.54, 1.807) is 71.7 Å². The first-order chi connectivity index (χ1) is 56.0. The molecule has 0 atom stereocenters. The number of hydrogen-bond acceptors (Lipinski definition) is 12. The van der Waals surface area contributed by atoms with Gasteiger partial charge in [-0.05, 0) is 264 Å². The van der Waals surface area contributed by atoms with Gasteiger partial charge in [-0.25, -0.2) is 23.1 Å². The zero-order valence-corrected chi connectivity index (χ0v) is 68.1. The SMILES string of the molecule is CC(C)Cc1ccc(-c2nc(-c3ccc(F)cc3)cs2)cc1.CC(C)Cc1ccc(-c2nc(-c3ccncc3)cs2)cc1.CC(C)Cc1ccc(C2=NC=C(c3ccncc3)C2)cc1.CC(C)Oc1cccc(C2=NC(c3ccc(F)cc3)=C(c3ccncc3)C2)c1.Fc1ccc(C2=C(c3ccncc3)CC(C3CCCC3)=N2)cc1. The van der Waals surface area contributed by atoms with Gasteiger partial charge in [-0.15, -0.1) is 22.7 Å². The zero-order valence-electron chi connectivity index (χ0n) is 66.5. The molecule has 1 saturated carbocycles. The molecule has 7 aromatic carbocycles. The molecule has 1 aliphatic carbocycles. The second-order valence-electron chi connectivity index (χ2n) is 30.7. The summed E-state index contributed by atoms with van der Waals surface area (Å²) in [6, 6.07) is 69.9. The van der Waals surface area contributed by atoms with E-state index in [-0.39, 0.29) is 23.6 Å². The van der Waals surface area contributed by atoms with Crippen LogP contribution in [0.5, 0.6) is 5.75 Å². The molecule has 9 heterocycles. The van der Waals surface area contributed by atoms with Gasteiger partial charge in [0.15, 0.2) is 0 Å². The number of pyridine rings is 4. The number of hydrogen-bond donors (Lipinski definition) is 0. The summed E-state index contributed by atoms with van der Waals surface area (Å²) in [6.45, 7) is 17.5. The molecule has 115 heavy (non-hydrogen) atoms. The molecule has 17 rings (SSSR count). The fourth-order valence-electron chi connectivity index (χ4n) is 14.3. The Bertz CT molecular complexity index is 5500. The van der Waals surface area contributed by atoms with Gasteiger partial charge in [0.25, 0.3) is 0 Å². The first-order valence-electron chi connectivity index (χ1n) is 39.7. The minimum absolute atomic E-state index is 0.112. The first kappa shape index (κ1) is 81.2. The number of halogens is 3. The third kappa shape index (κ3) is 22.8. The topological polar surface area (TPSA) is 124 Å². The summed E-state index contributed by atoms with van der Waals surface area (Å²) < 4.78 is 45.5. The van der Waals surface area contributed by atoms with Crippen LogP contribution in [0.2, 0.25) is 0 Å². The second-order valence-corrected chi connectivity index (χ2v) is 32.4. The van der Waals surface area contributed by atoms with Crippen LogP contribution in [0.1, 0.15) is 156 Å². The lowest BCUT2D eigenvalue weighted by Crippen LogP contribution is -2.08. The maximum atomic E-state index is 13.4. The van der Waals surface area contributed by atoms with E-state index >= 15 is 0 Å². The van der Waals surface area contributed by atoms with E-state index in [0.29, 0.717) is 30.1 Å². The number of rotatable bonds is 20. The number of nitrogens with zero attached hydrogens (tertiary/aromatic N) is 9. The molecule has 580 valence electrons. The highest BCUT2D eigenvalue weighted by Gasteiger charge is 2.29. The predicted molar refractivity (Wildman–Crippen MR) is 471 cm³/mol. The molecule has 0 bridgehead atoms. The largest absolute Gasteiger partial charge is 0.491 e. The average Bonchev–Trinajstić information content (AvgIpc) is 1.65. The van der Waals surface area contributed by atoms with Crippen molar-refractivity contribution in [2.24, 2.45) is 38.6 Å². The van der Waals surface area contributed by atoms with Gasteiger partial charge in [0, 0.05) is 125 Å². The Morgan fingerprint density at radius 3 is 1.21 bits per heavy atom. The van der Waals surface area contributed by atoms with E-state index in [2.05, 4.69) is 150 Å². The normalized spacial score (nSPS) is 13.8. The molecule has 0 radical (unpaired) electrons. The minimum atomic E-state index is -0.254. The molecule has 10 nitrogen and oxygen atoms in total. The summed E-state index contributed by atoms with van der Waals surface area (Å²) in [7, 11) is 0. The lowest BCUT2D eigenvalue weighted by molar-refractivity contribution is 0.242. The molecule has 0 N–H and O–H groups in total. The van der Waals surface area contributed by atoms with Crippen molar-refractivity contribution < 1.29 is 17.9 Å². The minimum Gasteiger partial charge on any atom is -0.491 e. The van der Waals surface area contributed by atoms with Crippen LogP contribution in [0.15, 0.2) is 300 Å². The Labute approximate surface area is 683 Å². The highest BCUT2D eigenvalue weighted by atomic mass is 32.1. The van der Waals surface area contributed by atoms with E-state index in [1.807, 2.05) is 135 Å². The highest BCUT2D eigenvalue weighted by Crippen LogP contribution is 2.42. The summed E-state index contributed by atoms with van der Waals surface area (Å²) in [5, 5.41) is 6.19. The molecule has 6 aromatic heterocycles. The van der Waals surface area contributed by atoms with Crippen LogP contribution in [0.3, 0.4) is 0 Å². The Hall–Kier alpha value is -11.8. The number of thiazole rings is 2. The molecule has 0 amide bonds. The molecule has 0 spiro atoms. The summed E-state index contributed by atoms with van der Waals surface area (Å²) in [5.41, 5.74) is 26.9. The van der Waals surface area contributed by atoms with Crippen molar-refractivity contribution in [2.45, 2.75) is 126 Å². The van der Waals surface area contributed by atoms with Crippen molar-refractivity contribution in [1.82, 2.24) is 29.9 Å². The molecule has 0 unspecified atom stereocenters. The molecule has 4 aliphatic rings. The van der Waals surface area contributed by atoms with Gasteiger partial charge in [-0.2, -0.15) is 0 Å². The fourth-order valence-corrected chi connectivity index (χ4v) is 16.0. The van der Waals surface area contributed by atoms with Gasteiger partial charge in [-0.1, -0.05) is 139 Å². The number of aromatic nitrogens is 6. The van der Waals surface area contributed by atoms with E-state index in [1.165, 1.54) is 112 Å². The zero-order chi connectivity index (χ0) is 80.0. The van der Waals surface area contributed by atoms with Gasteiger partial charge in [0.1, 0.15) is 33.2 Å². The van der Waals surface area contributed by atoms with Crippen molar-refractivity contribution in [3.05, 3.63) is 358 Å². The van der Waals surface area contributed by atoms with Crippen LogP contribution >= 0.6 is 22.7 Å². The highest BCUT2D eigenvalue weighted by molar-refractivity contribution is 7.13. The van der Waals surface area contributed by atoms with Crippen molar-refractivity contribution >= 4 is 67.9 Å². The van der Waals surface area contributed by atoms with Gasteiger partial charge >= 0.3 is 0 Å². The molecular weight excluding hydrogens is 1460 g/mol. The van der Waals surface area contributed by atoms with E-state index in [4.69, 9.17) is 19.7 Å². The van der Waals surface area contributed by atoms with Crippen molar-refractivity contribution in [3.63, 3.8) is 0 Å². The molecule has 0 saturated heterocycles. The lowest BCUT2D eigenvalue weighted by atomic mass is 9.93. The van der Waals surface area contributed by atoms with Crippen LogP contribution in [0, 0.1) is 41.1 Å². The van der Waals surface area contributed by atoms with Crippen LogP contribution in [0.25, 0.3) is 71.8 Å². The summed E-state index contributed by atoms with van der Waals surface area (Å²) in [6.07, 6.45) is 27.5. The predicted octanol–water partition coefficient (Wildman–Crippen LogP) is 26.3. The summed E-state index contributed by atoms with van der Waals surface area (Å²) in [4.78, 5) is 40.2. The summed E-state index contributed by atoms with van der Waals surface area (Å²) >= 11 is 3.30. The van der Waals surface area contributed by atoms with Crippen molar-refractivity contribution in [2.75, 3.05) is 0 Å². The van der Waals surface area contributed by atoms with Crippen molar-refractivity contribution in [1.29, 1.82) is 0 Å². The fraction of sp³-hybridized carbons (Fsp3) is 0.230. The van der Waals surface area contributed by atoms with E-state index < -0.39 is 0 Å². The maximum Gasteiger partial charge on any atom is 0.124 e. The first-order valence-corrected chi connectivity index (χ1v) is 41.5. The Morgan fingerprint density at radius 1 is 0.374 bits per heavy atom. The number of allylic oxidation sites excluding steroid dienone is 3. The Kier molecular flexibility index (Phi) is 28.1. The standard InChI is InChI=1S/C24H21FN2O.C20H19FN2.C19H18FNS.C19H20N2.C18H18N2S/c1-16(2)28-21-5-3-4-19(14-21)23-15-22(17-10-12-26-13-11-17)24(27-23)18-6-8-20(25)9-7-18;21-17-7-5-16(6-8-17)20-18(14-9-11-22-12-10-14)13-19(23-20)15-3-1-2-4-15;1-13(2)11-14-3-5-16(6-4-14)19-21-18(12-22-19)15-7-9-17(20)10-8-15;1-14(2)11-15-3-5-17(6-4-15)19-12-18(13-21-19)16-7-9-20-10-8-16;1-13(2)11-14-3-5-16(6-4-14)18-20-17(12-21-18)15-7-9-19-10-8-15/h3-14,16H,15H2,1-2H3;5-12,15H,1-4,13H2;3-10,12-13H,11H2,1-2H3;3-10,13-14H,11-12H2,1-2H3;3-10,12-13H,11H2,1-2H3. The number of ether oxygens (including phenoxy) is 1. The third-order valence-electron chi connectivity index (χ3n) is 20.0. The molecule has 13 aromatic rings. The van der Waals surface area contributed by atoms with Crippen LogP contribution in [-0.2, 0) is 19.3 Å². The Balaban J connectivity index is 0.000000126. The van der Waals surface area contributed by atoms with Gasteiger partial charge in [-0.3, -0.25) is 34.9 Å². The Morgan fingerprint density at radius 2 is 0.765 bits per heavy atom. The molecule has 1 fully saturated rings. The number of aliphatic imine (C=N–C) groups is 3. The van der Waals surface area contributed by atoms with Gasteiger partial charge < -0.3 is 4.74 Å². The number of benzene rings is 7. The lowest BCUT2D eigenvalue weighted by Gasteiger charge is -2.11. The molecular formula is C100H96F3N9OS2. The molecule has 3 aliphatic heterocycles. The van der Waals surface area contributed by atoms with Crippen LogP contribution in [-0.4, -0.2) is 53.1 Å². The van der Waals surface area contributed by atoms with Crippen LogP contribution < -0.4 is 4.74 Å². The quantitative estimate of drug-likeness (QED) is 0.0744. The third-order valence-corrected chi connectivity index (χ3v) is 21.7. The average molecular weight is 1560 g/mol. The van der Waals surface area contributed by atoms with E-state index in [9.17, 15) is 13.2 Å². The van der Waals surface area contributed by atoms with Crippen molar-refractivity contribution in [3.8, 4) is 49.4 Å². The summed E-state index contributed by atoms with van der Waals surface area (Å²) in [5.74, 6) is 2.80. The monoisotopic (exact) mass is 1560 g/mol. The van der Waals surface area contributed by atoms with E-state index in [0.717, 1.165) is 132 Å². The molecule has 15 heteroatoms. The van der Waals surface area contributed by atoms with Gasteiger partial charge in [0.05, 0.1) is 40.3 Å². The smallest absolute Gasteiger partial charge is 0.124 e. The van der Waals surface area contributed by atoms with Gasteiger partial charge in [0.2, 0.25) is 0 Å². The maximum absolute atomic E-state index is 13.4. The second kappa shape index (κ2) is 39.8.